The average Bonchev–Trinajstić information content (AvgIpc) is 3.05. The summed E-state index contributed by atoms with van der Waals surface area (Å²) in [6, 6.07) is 5.83. The third-order valence-electron chi connectivity index (χ3n) is 9.85. The first-order valence-electron chi connectivity index (χ1n) is 13.2. The van der Waals surface area contributed by atoms with Crippen molar-refractivity contribution in [1.29, 1.82) is 0 Å². The summed E-state index contributed by atoms with van der Waals surface area (Å²) in [4.78, 5) is 13.4. The molecule has 1 aromatic carbocycles. The maximum absolute atomic E-state index is 13.6. The Labute approximate surface area is 223 Å². The molecule has 5 fully saturated rings. The molecule has 0 atom stereocenters. The number of aryl methyl sites for hydroxylation is 1. The molecule has 2 aliphatic heterocycles. The maximum Gasteiger partial charge on any atom is 0.394 e. The summed E-state index contributed by atoms with van der Waals surface area (Å²) in [5.74, 6) is 2.98. The largest absolute Gasteiger partial charge is 0.394 e. The van der Waals surface area contributed by atoms with Crippen molar-refractivity contribution >= 4 is 17.4 Å². The van der Waals surface area contributed by atoms with E-state index >= 15 is 0 Å². The predicted octanol–water partition coefficient (Wildman–Crippen LogP) is 5.20. The minimum atomic E-state index is -4.13. The normalized spacial score (nSPS) is 29.4. The second kappa shape index (κ2) is 7.27. The second-order valence-corrected chi connectivity index (χ2v) is 12.9. The molecule has 0 radical (unpaired) electrons. The molecule has 38 heavy (non-hydrogen) atoms. The fraction of sp³-hybridized carbons (Fsp3) is 0.556. The zero-order valence-corrected chi connectivity index (χ0v) is 21.7. The molecule has 2 bridgehead atoms. The molecule has 3 aromatic rings. The highest BCUT2D eigenvalue weighted by atomic mass is 35.5. The Hall–Kier alpha value is -2.72. The van der Waals surface area contributed by atoms with Crippen LogP contribution in [0.15, 0.2) is 30.6 Å². The molecule has 9 rings (SSSR count). The van der Waals surface area contributed by atoms with E-state index in [0.29, 0.717) is 24.0 Å². The minimum absolute atomic E-state index is 0.174. The number of aromatic nitrogens is 5. The van der Waals surface area contributed by atoms with Gasteiger partial charge in [0.1, 0.15) is 11.6 Å². The highest BCUT2D eigenvalue weighted by Gasteiger charge is 2.80. The van der Waals surface area contributed by atoms with E-state index < -0.39 is 17.1 Å². The fourth-order valence-electron chi connectivity index (χ4n) is 7.95. The van der Waals surface area contributed by atoms with E-state index in [1.165, 1.54) is 0 Å². The molecule has 6 aliphatic rings. The van der Waals surface area contributed by atoms with Crippen LogP contribution in [-0.4, -0.2) is 54.4 Å². The molecule has 11 heteroatoms. The highest BCUT2D eigenvalue weighted by Crippen LogP contribution is 2.75. The van der Waals surface area contributed by atoms with Gasteiger partial charge in [-0.3, -0.25) is 14.5 Å². The van der Waals surface area contributed by atoms with Gasteiger partial charge in [0.05, 0.1) is 29.5 Å². The van der Waals surface area contributed by atoms with Crippen LogP contribution >= 0.6 is 11.6 Å². The van der Waals surface area contributed by atoms with Crippen LogP contribution in [0.3, 0.4) is 0 Å². The summed E-state index contributed by atoms with van der Waals surface area (Å²) in [6.45, 7) is 4.94. The molecule has 198 valence electrons. The molecule has 4 aliphatic carbocycles. The molecule has 0 N–H and O–H groups in total. The smallest absolute Gasteiger partial charge is 0.354 e. The summed E-state index contributed by atoms with van der Waals surface area (Å²) >= 11 is 6.39. The van der Waals surface area contributed by atoms with Gasteiger partial charge in [-0.1, -0.05) is 11.6 Å². The first-order valence-corrected chi connectivity index (χ1v) is 13.5. The van der Waals surface area contributed by atoms with Crippen molar-refractivity contribution < 1.29 is 13.2 Å². The molecule has 2 aromatic heterocycles. The van der Waals surface area contributed by atoms with Gasteiger partial charge in [-0.15, -0.1) is 10.2 Å². The van der Waals surface area contributed by atoms with Crippen LogP contribution in [0, 0.1) is 17.8 Å². The van der Waals surface area contributed by atoms with Crippen LogP contribution in [0.4, 0.5) is 19.0 Å². The van der Waals surface area contributed by atoms with Crippen molar-refractivity contribution in [2.24, 2.45) is 10.8 Å². The zero-order valence-electron chi connectivity index (χ0n) is 21.0. The van der Waals surface area contributed by atoms with Crippen molar-refractivity contribution in [2.75, 3.05) is 18.0 Å². The van der Waals surface area contributed by atoms with Gasteiger partial charge in [-0.05, 0) is 62.8 Å². The Kier molecular flexibility index (Phi) is 4.44. The lowest BCUT2D eigenvalue weighted by Crippen LogP contribution is -2.78. The third kappa shape index (κ3) is 3.07. The quantitative estimate of drug-likeness (QED) is 0.454. The number of alkyl halides is 3. The van der Waals surface area contributed by atoms with E-state index in [0.717, 1.165) is 60.3 Å². The number of halogens is 4. The molecular weight excluding hydrogens is 515 g/mol. The number of fused-ring (bicyclic) bond motifs is 3. The number of rotatable bonds is 3. The van der Waals surface area contributed by atoms with Crippen LogP contribution in [0.2, 0.25) is 5.02 Å². The average molecular weight is 542 g/mol. The van der Waals surface area contributed by atoms with E-state index in [2.05, 4.69) is 34.5 Å². The van der Waals surface area contributed by atoms with Crippen molar-refractivity contribution in [3.8, 4) is 5.69 Å². The van der Waals surface area contributed by atoms with Gasteiger partial charge in [0.25, 0.3) is 0 Å². The monoisotopic (exact) mass is 541 g/mol. The summed E-state index contributed by atoms with van der Waals surface area (Å²) in [5.41, 5.74) is 1.29. The molecular formula is C27H27ClF3N7. The fourth-order valence-corrected chi connectivity index (χ4v) is 8.15. The highest BCUT2D eigenvalue weighted by molar-refractivity contribution is 6.30. The summed E-state index contributed by atoms with van der Waals surface area (Å²) < 4.78 is 42.9. The lowest BCUT2D eigenvalue weighted by Gasteiger charge is -2.73. The Morgan fingerprint density at radius 2 is 1.79 bits per heavy atom. The standard InChI is InChI=1S/C27H27ClF3N7/c1-16-7-32-8-21(33-16)36-14-24(15-36)5-18(6-24)23-35-34-22-10-37(26-11-25(12-26,13-26)27(29,30)31)9-17-4-19(28)2-3-20(17)38(22)23/h2-4,7-8,18H,5-6,9-15H2,1H3. The Balaban J connectivity index is 1.05. The molecule has 4 saturated carbocycles. The number of hydrogen-bond donors (Lipinski definition) is 0. The number of benzene rings is 1. The number of nitrogens with zero attached hydrogens (tertiary/aromatic N) is 7. The van der Waals surface area contributed by atoms with E-state index in [1.807, 2.05) is 31.3 Å². The van der Waals surface area contributed by atoms with Crippen molar-refractivity contribution in [1.82, 2.24) is 29.6 Å². The molecule has 4 heterocycles. The molecule has 0 amide bonds. The minimum Gasteiger partial charge on any atom is -0.354 e. The summed E-state index contributed by atoms with van der Waals surface area (Å²) in [7, 11) is 0. The first kappa shape index (κ1) is 23.2. The van der Waals surface area contributed by atoms with Crippen molar-refractivity contribution in [3.05, 3.63) is 58.5 Å². The van der Waals surface area contributed by atoms with Crippen molar-refractivity contribution in [2.45, 2.75) is 69.8 Å². The van der Waals surface area contributed by atoms with Gasteiger partial charge in [0.15, 0.2) is 5.82 Å². The zero-order chi connectivity index (χ0) is 26.1. The topological polar surface area (TPSA) is 63.0 Å². The maximum atomic E-state index is 13.6. The molecule has 1 saturated heterocycles. The number of anilines is 1. The van der Waals surface area contributed by atoms with Crippen molar-refractivity contribution in [3.63, 3.8) is 0 Å². The predicted molar refractivity (Wildman–Crippen MR) is 134 cm³/mol. The van der Waals surface area contributed by atoms with Gasteiger partial charge in [0.2, 0.25) is 0 Å². The van der Waals surface area contributed by atoms with Crippen LogP contribution in [0.25, 0.3) is 5.69 Å². The van der Waals surface area contributed by atoms with Crippen LogP contribution in [0.5, 0.6) is 0 Å². The van der Waals surface area contributed by atoms with Crippen LogP contribution < -0.4 is 4.90 Å². The Bertz CT molecular complexity index is 1450. The van der Waals surface area contributed by atoms with Gasteiger partial charge < -0.3 is 4.90 Å². The Morgan fingerprint density at radius 3 is 2.50 bits per heavy atom. The third-order valence-corrected chi connectivity index (χ3v) is 10.1. The van der Waals surface area contributed by atoms with Gasteiger partial charge in [-0.25, -0.2) is 4.98 Å². The summed E-state index contributed by atoms with van der Waals surface area (Å²) in [6.07, 6.45) is 2.05. The molecule has 0 unspecified atom stereocenters. The molecule has 7 nitrogen and oxygen atoms in total. The number of hydrogen-bond acceptors (Lipinski definition) is 6. The Morgan fingerprint density at radius 1 is 1.03 bits per heavy atom. The van der Waals surface area contributed by atoms with E-state index in [1.54, 1.807) is 6.20 Å². The lowest BCUT2D eigenvalue weighted by molar-refractivity contribution is -0.364. The van der Waals surface area contributed by atoms with E-state index in [-0.39, 0.29) is 24.7 Å². The van der Waals surface area contributed by atoms with Gasteiger partial charge in [0, 0.05) is 47.7 Å². The second-order valence-electron chi connectivity index (χ2n) is 12.5. The van der Waals surface area contributed by atoms with Gasteiger partial charge in [-0.2, -0.15) is 13.2 Å². The first-order chi connectivity index (χ1) is 18.1. The van der Waals surface area contributed by atoms with Crippen LogP contribution in [-0.2, 0) is 13.1 Å². The van der Waals surface area contributed by atoms with Crippen LogP contribution in [0.1, 0.15) is 60.9 Å². The van der Waals surface area contributed by atoms with Gasteiger partial charge >= 0.3 is 6.18 Å². The van der Waals surface area contributed by atoms with E-state index in [9.17, 15) is 13.2 Å². The summed E-state index contributed by atoms with van der Waals surface area (Å²) in [5, 5.41) is 9.88. The van der Waals surface area contributed by atoms with E-state index in [4.69, 9.17) is 11.6 Å². The lowest BCUT2D eigenvalue weighted by atomic mass is 9.38. The molecule has 1 spiro atoms. The SMILES string of the molecule is Cc1cncc(N2CC3(CC(c4nnc5n4-c4ccc(Cl)cc4CN(C46CC(C(F)(F)F)(C4)C6)C5)C3)C2)n1.